The van der Waals surface area contributed by atoms with E-state index in [1.165, 1.54) is 26.0 Å². The van der Waals surface area contributed by atoms with Gasteiger partial charge in [-0.2, -0.15) is 0 Å². The SMILES string of the molecule is CC(=O)O[C@@]12CO[C@@H]1C[C@H](O)[C@@]1(C)C(=O)[C@H](O)C3=C(C)[C@@H](OC(=O)[C@H](OC(=O)CN4CCCCC4)[C@H](P)NC(=O)OC(C)(C)C)C[C@@](O)([C@@H](OC(=O)c4ccccc4)C12)C3(C)C. The fourth-order valence-corrected chi connectivity index (χ4v) is 10.6. The van der Waals surface area contributed by atoms with Gasteiger partial charge in [0.05, 0.1) is 41.9 Å². The number of ketones is 1. The van der Waals surface area contributed by atoms with Gasteiger partial charge >= 0.3 is 30.0 Å². The van der Waals surface area contributed by atoms with Gasteiger partial charge in [0.2, 0.25) is 6.10 Å². The quantitative estimate of drug-likeness (QED) is 0.114. The number of piperidine rings is 1. The summed E-state index contributed by atoms with van der Waals surface area (Å²) >= 11 is 0. The normalized spacial score (nSPS) is 34.0. The van der Waals surface area contributed by atoms with E-state index in [2.05, 4.69) is 14.6 Å². The van der Waals surface area contributed by atoms with Crippen LogP contribution in [0.3, 0.4) is 0 Å². The summed E-state index contributed by atoms with van der Waals surface area (Å²) in [5.41, 5.74) is -8.53. The lowest BCUT2D eigenvalue weighted by atomic mass is 9.44. The Morgan fingerprint density at radius 1 is 1.02 bits per heavy atom. The molecule has 2 aliphatic heterocycles. The van der Waals surface area contributed by atoms with Gasteiger partial charge in [-0.25, -0.2) is 14.4 Å². The van der Waals surface area contributed by atoms with E-state index in [1.54, 1.807) is 52.8 Å². The monoisotopic (exact) mass is 888 g/mol. The Morgan fingerprint density at radius 3 is 2.24 bits per heavy atom. The molecule has 2 unspecified atom stereocenters. The van der Waals surface area contributed by atoms with Crippen molar-refractivity contribution in [3.05, 3.63) is 47.0 Å². The third-order valence-corrected chi connectivity index (χ3v) is 14.0. The number of hydrogen-bond donors (Lipinski definition) is 4. The van der Waals surface area contributed by atoms with E-state index in [-0.39, 0.29) is 36.3 Å². The van der Waals surface area contributed by atoms with Crippen molar-refractivity contribution in [1.29, 1.82) is 0 Å². The number of hydrogen-bond acceptors (Lipinski definition) is 16. The Bertz CT molecular complexity index is 1960. The van der Waals surface area contributed by atoms with Gasteiger partial charge in [-0.15, -0.1) is 9.24 Å². The molecule has 0 radical (unpaired) electrons. The van der Waals surface area contributed by atoms with Crippen molar-refractivity contribution < 1.29 is 72.5 Å². The molecule has 1 aromatic carbocycles. The van der Waals surface area contributed by atoms with Crippen LogP contribution in [0.25, 0.3) is 0 Å². The molecule has 4 fully saturated rings. The number of benzene rings is 1. The summed E-state index contributed by atoms with van der Waals surface area (Å²) in [5, 5.41) is 40.2. The maximum atomic E-state index is 15.0. The van der Waals surface area contributed by atoms with Gasteiger partial charge in [-0.3, -0.25) is 19.3 Å². The molecule has 2 saturated carbocycles. The van der Waals surface area contributed by atoms with Gasteiger partial charge in [0.15, 0.2) is 11.4 Å². The van der Waals surface area contributed by atoms with E-state index in [0.717, 1.165) is 26.2 Å². The number of fused-ring (bicyclic) bond motifs is 5. The van der Waals surface area contributed by atoms with Crippen LogP contribution in [0.5, 0.6) is 0 Å². The van der Waals surface area contributed by atoms with Crippen molar-refractivity contribution in [1.82, 2.24) is 10.2 Å². The Kier molecular flexibility index (Phi) is 13.4. The van der Waals surface area contributed by atoms with E-state index in [9.17, 15) is 39.3 Å². The lowest BCUT2D eigenvalue weighted by Crippen LogP contribution is -2.81. The summed E-state index contributed by atoms with van der Waals surface area (Å²) in [7, 11) is 2.25. The highest BCUT2D eigenvalue weighted by atomic mass is 31.0. The number of aliphatic hydroxyl groups is 3. The van der Waals surface area contributed by atoms with Crippen LogP contribution < -0.4 is 5.32 Å². The molecule has 12 atom stereocenters. The van der Waals surface area contributed by atoms with E-state index >= 15 is 4.79 Å². The van der Waals surface area contributed by atoms with Crippen LogP contribution in [0, 0.1) is 16.7 Å². The minimum absolute atomic E-state index is 0.0665. The van der Waals surface area contributed by atoms with E-state index in [0.29, 0.717) is 13.1 Å². The molecule has 62 heavy (non-hydrogen) atoms. The third-order valence-electron chi connectivity index (χ3n) is 13.5. The number of nitrogens with zero attached hydrogens (tertiary/aromatic N) is 1. The highest BCUT2D eigenvalue weighted by Crippen LogP contribution is 2.64. The maximum absolute atomic E-state index is 15.0. The number of likely N-dealkylation sites (tertiary alicyclic amines) is 1. The second-order valence-electron chi connectivity index (χ2n) is 19.0. The number of esters is 4. The van der Waals surface area contributed by atoms with E-state index in [4.69, 9.17) is 28.4 Å². The highest BCUT2D eigenvalue weighted by molar-refractivity contribution is 7.17. The maximum Gasteiger partial charge on any atom is 0.408 e. The van der Waals surface area contributed by atoms with Crippen molar-refractivity contribution in [2.75, 3.05) is 26.2 Å². The van der Waals surface area contributed by atoms with Crippen LogP contribution in [0.15, 0.2) is 41.5 Å². The summed E-state index contributed by atoms with van der Waals surface area (Å²) in [6.07, 6.45) is -8.51. The van der Waals surface area contributed by atoms with Crippen molar-refractivity contribution in [2.45, 2.75) is 147 Å². The van der Waals surface area contributed by atoms with Gasteiger partial charge < -0.3 is 49.1 Å². The van der Waals surface area contributed by atoms with Crippen molar-refractivity contribution >= 4 is 45.0 Å². The lowest BCUT2D eigenvalue weighted by molar-refractivity contribution is -0.346. The Hall–Kier alpha value is -3.99. The zero-order valence-corrected chi connectivity index (χ0v) is 37.8. The molecule has 5 aliphatic rings. The molecule has 0 aromatic heterocycles. The largest absolute Gasteiger partial charge is 0.455 e. The molecule has 2 bridgehead atoms. The molecule has 17 nitrogen and oxygen atoms in total. The first-order valence-corrected chi connectivity index (χ1v) is 21.8. The summed E-state index contributed by atoms with van der Waals surface area (Å²) in [6.45, 7) is 13.0. The fourth-order valence-electron chi connectivity index (χ4n) is 10.2. The molecule has 2 heterocycles. The predicted octanol–water partition coefficient (Wildman–Crippen LogP) is 2.76. The van der Waals surface area contributed by atoms with Crippen LogP contribution in [0.1, 0.15) is 97.9 Å². The molecule has 18 heteroatoms. The van der Waals surface area contributed by atoms with Crippen molar-refractivity contribution in [3.8, 4) is 0 Å². The molecule has 4 N–H and O–H groups in total. The second-order valence-corrected chi connectivity index (χ2v) is 19.7. The number of aliphatic hydroxyl groups excluding tert-OH is 2. The average Bonchev–Trinajstić information content (AvgIpc) is 3.18. The molecule has 2 saturated heterocycles. The van der Waals surface area contributed by atoms with E-state index in [1.807, 2.05) is 4.90 Å². The molecule has 1 aromatic rings. The number of rotatable bonds is 10. The smallest absolute Gasteiger partial charge is 0.408 e. The summed E-state index contributed by atoms with van der Waals surface area (Å²) < 4.78 is 35.5. The van der Waals surface area contributed by atoms with Gasteiger partial charge in [-0.1, -0.05) is 38.5 Å². The van der Waals surface area contributed by atoms with E-state index < -0.39 is 118 Å². The first kappa shape index (κ1) is 47.5. The average molecular weight is 889 g/mol. The number of ether oxygens (including phenoxy) is 6. The number of nitrogens with one attached hydrogen (secondary N) is 1. The standard InChI is InChI=1S/C44H61N2O15P/c1-23-26(57-38(53)32(36(62)45-39(54)61-40(3,4)5)58-29(49)21-46-17-13-10-14-18-46)20-44(55)35(59-37(52)25-15-11-9-12-16-25)33-42(8,34(51)31(50)30(23)41(44,6)7)27(48)19-28-43(33,22-56-28)60-24(2)47/h9,11-12,15-16,26-28,31-33,35-36,48,50,55H,10,13-14,17-22,62H2,1-8H3,(H,45,54)/t26-,27-,28+,31+,32+,33?,35-,36-,42+,43-,44+/m0/s1. The lowest BCUT2D eigenvalue weighted by Gasteiger charge is -2.67. The Balaban J connectivity index is 1.46. The summed E-state index contributed by atoms with van der Waals surface area (Å²) in [4.78, 5) is 84.9. The molecule has 6 rings (SSSR count). The van der Waals surface area contributed by atoms with Gasteiger partial charge in [0.1, 0.15) is 35.6 Å². The topological polar surface area (TPSA) is 234 Å². The molecule has 3 aliphatic carbocycles. The second kappa shape index (κ2) is 17.5. The minimum atomic E-state index is -2.37. The minimum Gasteiger partial charge on any atom is -0.455 e. The van der Waals surface area contributed by atoms with Gasteiger partial charge in [0.25, 0.3) is 0 Å². The number of carbonyl (C=O) groups is 6. The first-order chi connectivity index (χ1) is 28.9. The number of alkyl carbamates (subject to hydrolysis) is 1. The predicted molar refractivity (Wildman–Crippen MR) is 222 cm³/mol. The number of Topliss-reactive ketones (excluding diaryl/α,β-unsaturated/α-hetero) is 1. The molecular formula is C44H61N2O15P. The fraction of sp³-hybridized carbons (Fsp3) is 0.682. The highest BCUT2D eigenvalue weighted by Gasteiger charge is 2.78. The van der Waals surface area contributed by atoms with Crippen LogP contribution in [-0.4, -0.2) is 141 Å². The first-order valence-electron chi connectivity index (χ1n) is 21.2. The zero-order chi connectivity index (χ0) is 45.7. The summed E-state index contributed by atoms with van der Waals surface area (Å²) in [6, 6.07) is 7.86. The van der Waals surface area contributed by atoms with Crippen molar-refractivity contribution in [2.24, 2.45) is 16.7 Å². The molecule has 1 amide bonds. The molecule has 342 valence electrons. The van der Waals surface area contributed by atoms with Gasteiger partial charge in [0, 0.05) is 25.2 Å². The van der Waals surface area contributed by atoms with Crippen LogP contribution >= 0.6 is 9.24 Å². The van der Waals surface area contributed by atoms with Gasteiger partial charge in [-0.05, 0) is 83.8 Å². The zero-order valence-electron chi connectivity index (χ0n) is 36.6. The van der Waals surface area contributed by atoms with Crippen LogP contribution in [0.4, 0.5) is 4.79 Å². The van der Waals surface area contributed by atoms with Crippen molar-refractivity contribution in [3.63, 3.8) is 0 Å². The number of carbonyl (C=O) groups excluding carboxylic acids is 6. The van der Waals surface area contributed by atoms with Crippen LogP contribution in [-0.2, 0) is 47.6 Å². The van der Waals surface area contributed by atoms with Crippen LogP contribution in [0.2, 0.25) is 0 Å². The summed E-state index contributed by atoms with van der Waals surface area (Å²) in [5.74, 6) is -7.36. The Labute approximate surface area is 363 Å². The molecule has 0 spiro atoms. The Morgan fingerprint density at radius 2 is 1.66 bits per heavy atom. The third kappa shape index (κ3) is 8.65. The molecular weight excluding hydrogens is 827 g/mol. The number of amides is 1.